The van der Waals surface area contributed by atoms with Crippen molar-refractivity contribution in [2.75, 3.05) is 19.6 Å². The molecule has 2 aromatic carbocycles. The number of sulfonamides is 1. The van der Waals surface area contributed by atoms with Gasteiger partial charge >= 0.3 is 6.36 Å². The first kappa shape index (κ1) is 27.5. The molecule has 1 saturated heterocycles. The molecule has 1 N–H and O–H groups in total. The fourth-order valence-corrected chi connectivity index (χ4v) is 5.44. The predicted molar refractivity (Wildman–Crippen MR) is 125 cm³/mol. The van der Waals surface area contributed by atoms with Gasteiger partial charge in [0.2, 0.25) is 21.8 Å². The Hall–Kier alpha value is -3.12. The van der Waals surface area contributed by atoms with Gasteiger partial charge in [-0.1, -0.05) is 38.1 Å². The highest BCUT2D eigenvalue weighted by molar-refractivity contribution is 7.89. The smallest absolute Gasteiger partial charge is 0.406 e. The average Bonchev–Trinajstić information content (AvgIpc) is 2.81. The Balaban J connectivity index is 1.81. The Bertz CT molecular complexity index is 1200. The molecule has 0 aliphatic carbocycles. The average molecular weight is 528 g/mol. The molecule has 1 fully saturated rings. The molecule has 12 heteroatoms. The van der Waals surface area contributed by atoms with Gasteiger partial charge in [0, 0.05) is 33.1 Å². The molecule has 2 aromatic rings. The lowest BCUT2D eigenvalue weighted by atomic mass is 10.0. The molecule has 3 rings (SSSR count). The number of alkyl halides is 3. The lowest BCUT2D eigenvalue weighted by Crippen LogP contribution is -2.61. The molecule has 36 heavy (non-hydrogen) atoms. The topological polar surface area (TPSA) is 96.0 Å². The lowest BCUT2D eigenvalue weighted by Gasteiger charge is -2.39. The summed E-state index contributed by atoms with van der Waals surface area (Å²) in [5.41, 5.74) is 1.28. The highest BCUT2D eigenvalue weighted by atomic mass is 32.2. The monoisotopic (exact) mass is 527 g/mol. The number of hydrogen-bond donors (Lipinski definition) is 1. The maximum atomic E-state index is 13.4. The lowest BCUT2D eigenvalue weighted by molar-refractivity contribution is -0.274. The minimum atomic E-state index is -4.86. The summed E-state index contributed by atoms with van der Waals surface area (Å²) in [6.07, 6.45) is -4.86. The van der Waals surface area contributed by atoms with Gasteiger partial charge in [0.15, 0.2) is 0 Å². The van der Waals surface area contributed by atoms with Gasteiger partial charge < -0.3 is 15.0 Å². The summed E-state index contributed by atoms with van der Waals surface area (Å²) in [5, 5.41) is 2.58. The van der Waals surface area contributed by atoms with Crippen LogP contribution in [0.4, 0.5) is 13.2 Å². The largest absolute Gasteiger partial charge is 0.573 e. The number of benzene rings is 2. The number of amides is 2. The Morgan fingerprint density at radius 2 is 1.78 bits per heavy atom. The summed E-state index contributed by atoms with van der Waals surface area (Å²) in [6.45, 7) is 5.02. The van der Waals surface area contributed by atoms with Crippen molar-refractivity contribution in [3.05, 3.63) is 59.7 Å². The SMILES string of the molecule is CC(=O)N1CCN(S(=O)(=O)c2ccc(C(C)C)cc2)C(C(=O)NCc2cccc(OC(F)(F)F)c2)C1. The molecular weight excluding hydrogens is 499 g/mol. The zero-order chi connectivity index (χ0) is 26.7. The van der Waals surface area contributed by atoms with E-state index in [0.29, 0.717) is 5.56 Å². The first-order valence-corrected chi connectivity index (χ1v) is 12.7. The molecule has 0 saturated carbocycles. The minimum Gasteiger partial charge on any atom is -0.406 e. The van der Waals surface area contributed by atoms with Crippen LogP contribution in [0.3, 0.4) is 0 Å². The molecule has 1 heterocycles. The highest BCUT2D eigenvalue weighted by Gasteiger charge is 2.40. The summed E-state index contributed by atoms with van der Waals surface area (Å²) in [5.74, 6) is -1.21. The molecule has 1 aliphatic rings. The molecule has 0 bridgehead atoms. The van der Waals surface area contributed by atoms with Crippen LogP contribution in [0.25, 0.3) is 0 Å². The zero-order valence-electron chi connectivity index (χ0n) is 20.1. The molecular formula is C24H28F3N3O5S. The van der Waals surface area contributed by atoms with Crippen LogP contribution in [0.1, 0.15) is 37.8 Å². The second-order valence-electron chi connectivity index (χ2n) is 8.73. The summed E-state index contributed by atoms with van der Waals surface area (Å²) in [4.78, 5) is 26.5. The van der Waals surface area contributed by atoms with E-state index in [4.69, 9.17) is 0 Å². The zero-order valence-corrected chi connectivity index (χ0v) is 20.9. The number of piperazine rings is 1. The van der Waals surface area contributed by atoms with Gasteiger partial charge in [-0.15, -0.1) is 13.2 Å². The summed E-state index contributed by atoms with van der Waals surface area (Å²) < 4.78 is 69.3. The van der Waals surface area contributed by atoms with Crippen LogP contribution in [0.15, 0.2) is 53.4 Å². The van der Waals surface area contributed by atoms with Crippen molar-refractivity contribution >= 4 is 21.8 Å². The molecule has 0 aromatic heterocycles. The van der Waals surface area contributed by atoms with Crippen LogP contribution in [-0.4, -0.2) is 61.5 Å². The number of ether oxygens (including phenoxy) is 1. The fraction of sp³-hybridized carbons (Fsp3) is 0.417. The van der Waals surface area contributed by atoms with Gasteiger partial charge in [0.25, 0.3) is 0 Å². The van der Waals surface area contributed by atoms with Crippen molar-refractivity contribution in [1.29, 1.82) is 0 Å². The third-order valence-corrected chi connectivity index (χ3v) is 7.75. The normalized spacial score (nSPS) is 17.2. The third-order valence-electron chi connectivity index (χ3n) is 5.83. The molecule has 0 radical (unpaired) electrons. The van der Waals surface area contributed by atoms with E-state index in [1.807, 2.05) is 13.8 Å². The minimum absolute atomic E-state index is 0.0259. The van der Waals surface area contributed by atoms with E-state index in [0.717, 1.165) is 22.0 Å². The number of nitrogens with one attached hydrogen (secondary N) is 1. The van der Waals surface area contributed by atoms with E-state index in [1.165, 1.54) is 36.1 Å². The third kappa shape index (κ3) is 6.76. The predicted octanol–water partition coefficient (Wildman–Crippen LogP) is 3.25. The van der Waals surface area contributed by atoms with E-state index in [2.05, 4.69) is 10.1 Å². The van der Waals surface area contributed by atoms with Crippen molar-refractivity contribution in [3.8, 4) is 5.75 Å². The Morgan fingerprint density at radius 1 is 1.11 bits per heavy atom. The molecule has 1 atom stereocenters. The Morgan fingerprint density at radius 3 is 2.36 bits per heavy atom. The molecule has 2 amide bonds. The van der Waals surface area contributed by atoms with Crippen LogP contribution < -0.4 is 10.1 Å². The van der Waals surface area contributed by atoms with E-state index in [1.54, 1.807) is 12.1 Å². The molecule has 0 spiro atoms. The molecule has 8 nitrogen and oxygen atoms in total. The second kappa shape index (κ2) is 10.9. The van der Waals surface area contributed by atoms with E-state index < -0.39 is 34.1 Å². The Labute approximate surface area is 208 Å². The van der Waals surface area contributed by atoms with Crippen molar-refractivity contribution in [2.24, 2.45) is 0 Å². The number of halogens is 3. The van der Waals surface area contributed by atoms with E-state index in [9.17, 15) is 31.2 Å². The number of nitrogens with zero attached hydrogens (tertiary/aromatic N) is 2. The maximum Gasteiger partial charge on any atom is 0.573 e. The first-order valence-electron chi connectivity index (χ1n) is 11.3. The highest BCUT2D eigenvalue weighted by Crippen LogP contribution is 2.25. The second-order valence-corrected chi connectivity index (χ2v) is 10.6. The molecule has 1 unspecified atom stereocenters. The van der Waals surface area contributed by atoms with Crippen LogP contribution in [0, 0.1) is 0 Å². The van der Waals surface area contributed by atoms with Crippen LogP contribution in [-0.2, 0) is 26.2 Å². The molecule has 196 valence electrons. The van der Waals surface area contributed by atoms with Gasteiger partial charge in [-0.3, -0.25) is 9.59 Å². The number of carbonyl (C=O) groups excluding carboxylic acids is 2. The number of carbonyl (C=O) groups is 2. The number of hydrogen-bond acceptors (Lipinski definition) is 5. The van der Waals surface area contributed by atoms with Crippen LogP contribution >= 0.6 is 0 Å². The van der Waals surface area contributed by atoms with E-state index >= 15 is 0 Å². The van der Waals surface area contributed by atoms with Crippen molar-refractivity contribution in [1.82, 2.24) is 14.5 Å². The standard InChI is InChI=1S/C24H28F3N3O5S/c1-16(2)19-7-9-21(10-8-19)36(33,34)30-12-11-29(17(3)31)15-22(30)23(32)28-14-18-5-4-6-20(13-18)35-24(25,26)27/h4-10,13,16,22H,11-12,14-15H2,1-3H3,(H,28,32). The van der Waals surface area contributed by atoms with Crippen LogP contribution in [0.5, 0.6) is 5.75 Å². The fourth-order valence-electron chi connectivity index (χ4n) is 3.87. The first-order chi connectivity index (χ1) is 16.8. The molecule has 1 aliphatic heterocycles. The van der Waals surface area contributed by atoms with Gasteiger partial charge in [0.1, 0.15) is 11.8 Å². The summed E-state index contributed by atoms with van der Waals surface area (Å²) in [7, 11) is -4.07. The Kier molecular flexibility index (Phi) is 8.29. The van der Waals surface area contributed by atoms with Gasteiger partial charge in [-0.2, -0.15) is 4.31 Å². The van der Waals surface area contributed by atoms with E-state index in [-0.39, 0.29) is 42.9 Å². The van der Waals surface area contributed by atoms with Gasteiger partial charge in [0.05, 0.1) is 4.90 Å². The van der Waals surface area contributed by atoms with Crippen molar-refractivity contribution < 1.29 is 35.9 Å². The van der Waals surface area contributed by atoms with Gasteiger partial charge in [-0.05, 0) is 41.3 Å². The maximum absolute atomic E-state index is 13.4. The summed E-state index contributed by atoms with van der Waals surface area (Å²) in [6, 6.07) is 10.3. The van der Waals surface area contributed by atoms with Crippen molar-refractivity contribution in [2.45, 2.75) is 50.5 Å². The van der Waals surface area contributed by atoms with Crippen molar-refractivity contribution in [3.63, 3.8) is 0 Å². The summed E-state index contributed by atoms with van der Waals surface area (Å²) >= 11 is 0. The quantitative estimate of drug-likeness (QED) is 0.597. The van der Waals surface area contributed by atoms with Crippen LogP contribution in [0.2, 0.25) is 0 Å². The number of rotatable bonds is 7. The van der Waals surface area contributed by atoms with Gasteiger partial charge in [-0.25, -0.2) is 8.42 Å².